The number of amides is 1. The van der Waals surface area contributed by atoms with Gasteiger partial charge in [0.15, 0.2) is 5.17 Å². The van der Waals surface area contributed by atoms with Gasteiger partial charge in [0, 0.05) is 25.1 Å². The summed E-state index contributed by atoms with van der Waals surface area (Å²) in [5.41, 5.74) is 4.29. The van der Waals surface area contributed by atoms with E-state index >= 15 is 0 Å². The van der Waals surface area contributed by atoms with Gasteiger partial charge in [0.25, 0.3) is 5.91 Å². The van der Waals surface area contributed by atoms with Crippen LogP contribution in [0, 0.1) is 13.8 Å². The lowest BCUT2D eigenvalue weighted by atomic mass is 9.83. The molecule has 0 unspecified atom stereocenters. The highest BCUT2D eigenvalue weighted by molar-refractivity contribution is 8.14. The smallest absolute Gasteiger partial charge is 0.274 e. The maximum absolute atomic E-state index is 13.0. The van der Waals surface area contributed by atoms with Crippen molar-refractivity contribution in [1.82, 2.24) is 4.90 Å². The van der Waals surface area contributed by atoms with Gasteiger partial charge < -0.3 is 4.90 Å². The fourth-order valence-corrected chi connectivity index (χ4v) is 4.72. The number of hydrogen-bond donors (Lipinski definition) is 0. The molecular formula is C21H22N2OS. The van der Waals surface area contributed by atoms with Crippen molar-refractivity contribution >= 4 is 22.8 Å². The Bertz CT molecular complexity index is 776. The van der Waals surface area contributed by atoms with Crippen LogP contribution in [0.1, 0.15) is 22.3 Å². The first-order valence-corrected chi connectivity index (χ1v) is 9.70. The van der Waals surface area contributed by atoms with E-state index in [1.54, 1.807) is 11.8 Å². The number of nitrogens with zero attached hydrogens (tertiary/aromatic N) is 2. The number of rotatable bonds is 4. The molecule has 4 heteroatoms. The lowest BCUT2D eigenvalue weighted by Crippen LogP contribution is -2.53. The Hall–Kier alpha value is -2.07. The Morgan fingerprint density at radius 1 is 0.960 bits per heavy atom. The molecule has 0 saturated carbocycles. The van der Waals surface area contributed by atoms with E-state index in [4.69, 9.17) is 0 Å². The first-order chi connectivity index (χ1) is 12.1. The molecule has 0 aromatic heterocycles. The number of amidine groups is 1. The van der Waals surface area contributed by atoms with Crippen LogP contribution in [0.25, 0.3) is 0 Å². The molecule has 0 atom stereocenters. The van der Waals surface area contributed by atoms with E-state index in [1.807, 2.05) is 0 Å². The van der Waals surface area contributed by atoms with Crippen molar-refractivity contribution in [2.45, 2.75) is 32.2 Å². The van der Waals surface area contributed by atoms with E-state index in [-0.39, 0.29) is 5.91 Å². The second-order valence-corrected chi connectivity index (χ2v) is 8.12. The molecule has 2 heterocycles. The zero-order valence-corrected chi connectivity index (χ0v) is 15.5. The van der Waals surface area contributed by atoms with Gasteiger partial charge in [-0.05, 0) is 25.0 Å². The zero-order valence-electron chi connectivity index (χ0n) is 14.7. The number of benzene rings is 2. The van der Waals surface area contributed by atoms with Gasteiger partial charge in [0.2, 0.25) is 0 Å². The molecule has 1 saturated heterocycles. The van der Waals surface area contributed by atoms with E-state index in [1.165, 1.54) is 22.3 Å². The summed E-state index contributed by atoms with van der Waals surface area (Å²) in [4.78, 5) is 19.7. The van der Waals surface area contributed by atoms with Gasteiger partial charge in [0.05, 0.1) is 0 Å². The minimum Gasteiger partial charge on any atom is -0.335 e. The summed E-state index contributed by atoms with van der Waals surface area (Å²) in [5.74, 6) is 1.02. The van der Waals surface area contributed by atoms with Gasteiger partial charge in [-0.2, -0.15) is 4.99 Å². The van der Waals surface area contributed by atoms with Crippen LogP contribution in [0.3, 0.4) is 0 Å². The maximum atomic E-state index is 13.0. The van der Waals surface area contributed by atoms with Gasteiger partial charge in [-0.3, -0.25) is 4.79 Å². The molecule has 2 aliphatic heterocycles. The molecule has 2 aromatic rings. The van der Waals surface area contributed by atoms with Crippen molar-refractivity contribution < 1.29 is 4.79 Å². The zero-order chi connectivity index (χ0) is 17.4. The Labute approximate surface area is 153 Å². The van der Waals surface area contributed by atoms with Crippen molar-refractivity contribution in [2.24, 2.45) is 4.99 Å². The van der Waals surface area contributed by atoms with Crippen LogP contribution in [-0.2, 0) is 17.6 Å². The van der Waals surface area contributed by atoms with Crippen LogP contribution in [0.4, 0.5) is 0 Å². The standard InChI is InChI=1S/C21H22N2OS/c1-15-3-7-17(8-4-15)13-21(14-18-9-5-16(2)6-10-18)19(24)22-20-23(21)11-12-25-20/h3-10H,11-14H2,1-2H3. The minimum atomic E-state index is -0.580. The third kappa shape index (κ3) is 2.99. The number of aliphatic imine (C=N–C) groups is 1. The fraction of sp³-hybridized carbons (Fsp3) is 0.333. The summed E-state index contributed by atoms with van der Waals surface area (Å²) >= 11 is 1.70. The van der Waals surface area contributed by atoms with Crippen LogP contribution in [-0.4, -0.2) is 33.8 Å². The lowest BCUT2D eigenvalue weighted by Gasteiger charge is -2.36. The highest BCUT2D eigenvalue weighted by atomic mass is 32.2. The highest BCUT2D eigenvalue weighted by Crippen LogP contribution is 2.38. The average Bonchev–Trinajstić information content (AvgIpc) is 3.15. The van der Waals surface area contributed by atoms with E-state index in [2.05, 4.69) is 72.3 Å². The molecule has 4 rings (SSSR count). The normalized spacial score (nSPS) is 18.4. The molecule has 0 N–H and O–H groups in total. The van der Waals surface area contributed by atoms with Crippen molar-refractivity contribution in [3.05, 3.63) is 70.8 Å². The maximum Gasteiger partial charge on any atom is 0.274 e. The summed E-state index contributed by atoms with van der Waals surface area (Å²) in [7, 11) is 0. The first-order valence-electron chi connectivity index (χ1n) is 8.71. The van der Waals surface area contributed by atoms with E-state index in [0.29, 0.717) is 12.8 Å². The lowest BCUT2D eigenvalue weighted by molar-refractivity contribution is -0.125. The molecule has 2 aliphatic rings. The van der Waals surface area contributed by atoms with Gasteiger partial charge in [-0.25, -0.2) is 0 Å². The molecule has 0 bridgehead atoms. The predicted molar refractivity (Wildman–Crippen MR) is 104 cm³/mol. The van der Waals surface area contributed by atoms with Gasteiger partial charge >= 0.3 is 0 Å². The highest BCUT2D eigenvalue weighted by Gasteiger charge is 2.51. The summed E-state index contributed by atoms with van der Waals surface area (Å²) < 4.78 is 0. The summed E-state index contributed by atoms with van der Waals surface area (Å²) in [6.07, 6.45) is 1.40. The number of carbonyl (C=O) groups excluding carboxylic acids is 1. The molecule has 25 heavy (non-hydrogen) atoms. The van der Waals surface area contributed by atoms with E-state index < -0.39 is 5.54 Å². The van der Waals surface area contributed by atoms with Gasteiger partial charge in [-0.15, -0.1) is 0 Å². The van der Waals surface area contributed by atoms with E-state index in [9.17, 15) is 4.79 Å². The van der Waals surface area contributed by atoms with Crippen LogP contribution in [0.2, 0.25) is 0 Å². The quantitative estimate of drug-likeness (QED) is 0.841. The number of fused-ring (bicyclic) bond motifs is 1. The Morgan fingerprint density at radius 2 is 1.48 bits per heavy atom. The van der Waals surface area contributed by atoms with Crippen LogP contribution in [0.5, 0.6) is 0 Å². The average molecular weight is 350 g/mol. The topological polar surface area (TPSA) is 32.7 Å². The first kappa shape index (κ1) is 16.4. The second-order valence-electron chi connectivity index (χ2n) is 7.06. The summed E-state index contributed by atoms with van der Waals surface area (Å²) in [6.45, 7) is 5.07. The SMILES string of the molecule is Cc1ccc(CC2(Cc3ccc(C)cc3)C(=O)N=C3SCCN32)cc1. The molecule has 128 valence electrons. The number of hydrogen-bond acceptors (Lipinski definition) is 3. The fourth-order valence-electron chi connectivity index (χ4n) is 3.69. The molecule has 1 amide bonds. The Morgan fingerprint density at radius 3 is 2.00 bits per heavy atom. The summed E-state index contributed by atoms with van der Waals surface area (Å²) in [6, 6.07) is 17.0. The molecule has 0 spiro atoms. The third-order valence-electron chi connectivity index (χ3n) is 5.12. The van der Waals surface area contributed by atoms with Crippen molar-refractivity contribution in [3.63, 3.8) is 0 Å². The van der Waals surface area contributed by atoms with Crippen LogP contribution in [0.15, 0.2) is 53.5 Å². The second kappa shape index (κ2) is 6.34. The summed E-state index contributed by atoms with van der Waals surface area (Å²) in [5, 5.41) is 0.907. The van der Waals surface area contributed by atoms with Crippen LogP contribution >= 0.6 is 11.8 Å². The molecule has 2 aromatic carbocycles. The number of carbonyl (C=O) groups is 1. The van der Waals surface area contributed by atoms with Gasteiger partial charge in [0.1, 0.15) is 5.54 Å². The number of thioether (sulfide) groups is 1. The number of aryl methyl sites for hydroxylation is 2. The van der Waals surface area contributed by atoms with Crippen molar-refractivity contribution in [3.8, 4) is 0 Å². The molecule has 0 aliphatic carbocycles. The van der Waals surface area contributed by atoms with Crippen molar-refractivity contribution in [2.75, 3.05) is 12.3 Å². The Kier molecular flexibility index (Phi) is 4.16. The molecular weight excluding hydrogens is 328 g/mol. The molecule has 0 radical (unpaired) electrons. The molecule has 3 nitrogen and oxygen atoms in total. The van der Waals surface area contributed by atoms with Crippen LogP contribution < -0.4 is 0 Å². The minimum absolute atomic E-state index is 0.0100. The monoisotopic (exact) mass is 350 g/mol. The predicted octanol–water partition coefficient (Wildman–Crippen LogP) is 3.77. The van der Waals surface area contributed by atoms with E-state index in [0.717, 1.165) is 17.5 Å². The molecule has 1 fully saturated rings. The largest absolute Gasteiger partial charge is 0.335 e. The van der Waals surface area contributed by atoms with Gasteiger partial charge in [-0.1, -0.05) is 71.4 Å². The third-order valence-corrected chi connectivity index (χ3v) is 6.08. The van der Waals surface area contributed by atoms with Crippen molar-refractivity contribution in [1.29, 1.82) is 0 Å². The Balaban J connectivity index is 1.71.